The van der Waals surface area contributed by atoms with Gasteiger partial charge in [-0.05, 0) is 78.2 Å². The van der Waals surface area contributed by atoms with Gasteiger partial charge in [0.2, 0.25) is 0 Å². The minimum absolute atomic E-state index is 0.205. The van der Waals surface area contributed by atoms with Crippen LogP contribution in [-0.4, -0.2) is 53.4 Å². The maximum atomic E-state index is 5.95. The number of guanidine groups is 1. The largest absolute Gasteiger partial charge is 0.465 e. The molecule has 1 saturated heterocycles. The molecule has 1 fully saturated rings. The van der Waals surface area contributed by atoms with Crippen LogP contribution in [0.25, 0.3) is 0 Å². The van der Waals surface area contributed by atoms with Gasteiger partial charge < -0.3 is 15.1 Å². The predicted octanol–water partition coefficient (Wildman–Crippen LogP) is 3.18. The summed E-state index contributed by atoms with van der Waals surface area (Å²) in [5.41, 5.74) is 2.29. The van der Waals surface area contributed by atoms with Crippen molar-refractivity contribution in [3.05, 3.63) is 41.1 Å². The number of aliphatic imine (C=N–C) groups is 1. The first-order valence-electron chi connectivity index (χ1n) is 10.9. The molecule has 0 radical (unpaired) electrons. The van der Waals surface area contributed by atoms with Crippen LogP contribution in [-0.2, 0) is 6.54 Å². The summed E-state index contributed by atoms with van der Waals surface area (Å²) < 4.78 is 8.02. The third kappa shape index (κ3) is 6.10. The zero-order valence-electron chi connectivity index (χ0n) is 18.4. The summed E-state index contributed by atoms with van der Waals surface area (Å²) in [6.07, 6.45) is 3.51. The molecule has 160 valence electrons. The second-order valence-electron chi connectivity index (χ2n) is 7.86. The molecule has 1 atom stereocenters. The lowest BCUT2D eigenvalue weighted by atomic mass is 10.2. The number of aromatic nitrogens is 2. The Kier molecular flexibility index (Phi) is 7.75. The number of nitrogens with zero attached hydrogens (tertiary/aromatic N) is 4. The molecular weight excluding hydrogens is 364 g/mol. The van der Waals surface area contributed by atoms with Crippen LogP contribution in [0.2, 0.25) is 0 Å². The van der Waals surface area contributed by atoms with Crippen LogP contribution >= 0.6 is 0 Å². The summed E-state index contributed by atoms with van der Waals surface area (Å²) in [5.74, 6) is 2.85. The van der Waals surface area contributed by atoms with Gasteiger partial charge in [0.25, 0.3) is 0 Å². The van der Waals surface area contributed by atoms with Crippen LogP contribution in [0.15, 0.2) is 27.6 Å². The van der Waals surface area contributed by atoms with E-state index in [9.17, 15) is 0 Å². The van der Waals surface area contributed by atoms with Crippen LogP contribution in [0.4, 0.5) is 0 Å². The highest BCUT2D eigenvalue weighted by molar-refractivity contribution is 5.79. The van der Waals surface area contributed by atoms with Gasteiger partial charge in [-0.15, -0.1) is 0 Å². The van der Waals surface area contributed by atoms with Crippen molar-refractivity contribution >= 4 is 5.96 Å². The van der Waals surface area contributed by atoms with Crippen molar-refractivity contribution < 1.29 is 4.42 Å². The zero-order valence-corrected chi connectivity index (χ0v) is 18.4. The van der Waals surface area contributed by atoms with E-state index < -0.39 is 0 Å². The lowest BCUT2D eigenvalue weighted by Gasteiger charge is -2.24. The molecule has 2 N–H and O–H groups in total. The van der Waals surface area contributed by atoms with Crippen molar-refractivity contribution in [1.82, 2.24) is 25.3 Å². The summed E-state index contributed by atoms with van der Waals surface area (Å²) in [5, 5.41) is 11.4. The Morgan fingerprint density at radius 2 is 2.00 bits per heavy atom. The Morgan fingerprint density at radius 3 is 2.62 bits per heavy atom. The smallest absolute Gasteiger partial charge is 0.191 e. The molecule has 3 heterocycles. The van der Waals surface area contributed by atoms with Crippen molar-refractivity contribution in [2.24, 2.45) is 4.99 Å². The first kappa shape index (κ1) is 21.4. The molecule has 29 heavy (non-hydrogen) atoms. The average molecular weight is 401 g/mol. The molecule has 0 saturated carbocycles. The van der Waals surface area contributed by atoms with Crippen molar-refractivity contribution in [2.75, 3.05) is 32.7 Å². The Labute approximate surface area is 174 Å². The van der Waals surface area contributed by atoms with Crippen molar-refractivity contribution in [3.8, 4) is 0 Å². The molecule has 1 aliphatic rings. The van der Waals surface area contributed by atoms with E-state index in [2.05, 4.69) is 51.3 Å². The molecule has 0 amide bonds. The van der Waals surface area contributed by atoms with E-state index >= 15 is 0 Å². The van der Waals surface area contributed by atoms with Crippen LogP contribution in [0, 0.1) is 20.8 Å². The highest BCUT2D eigenvalue weighted by Crippen LogP contribution is 2.26. The predicted molar refractivity (Wildman–Crippen MR) is 117 cm³/mol. The topological polar surface area (TPSA) is 70.6 Å². The zero-order chi connectivity index (χ0) is 20.6. The van der Waals surface area contributed by atoms with Gasteiger partial charge in [-0.1, -0.05) is 0 Å². The average Bonchev–Trinajstić information content (AvgIpc) is 3.42. The Hall–Kier alpha value is -2.28. The van der Waals surface area contributed by atoms with E-state index in [-0.39, 0.29) is 6.04 Å². The highest BCUT2D eigenvalue weighted by Gasteiger charge is 2.25. The van der Waals surface area contributed by atoms with Gasteiger partial charge in [0.1, 0.15) is 11.5 Å². The summed E-state index contributed by atoms with van der Waals surface area (Å²) in [7, 11) is 0. The summed E-state index contributed by atoms with van der Waals surface area (Å²) in [6, 6.07) is 6.47. The summed E-state index contributed by atoms with van der Waals surface area (Å²) >= 11 is 0. The summed E-state index contributed by atoms with van der Waals surface area (Å²) in [4.78, 5) is 7.37. The van der Waals surface area contributed by atoms with E-state index in [0.29, 0.717) is 6.54 Å². The third-order valence-electron chi connectivity index (χ3n) is 5.38. The Bertz CT molecular complexity index is 787. The number of rotatable bonds is 9. The maximum Gasteiger partial charge on any atom is 0.191 e. The maximum absolute atomic E-state index is 5.95. The number of hydrogen-bond donors (Lipinski definition) is 2. The quantitative estimate of drug-likeness (QED) is 0.384. The van der Waals surface area contributed by atoms with Crippen molar-refractivity contribution in [1.29, 1.82) is 0 Å². The van der Waals surface area contributed by atoms with Gasteiger partial charge in [0.05, 0.1) is 18.3 Å². The fourth-order valence-electron chi connectivity index (χ4n) is 3.93. The minimum atomic E-state index is 0.205. The second-order valence-corrected chi connectivity index (χ2v) is 7.86. The number of furan rings is 1. The van der Waals surface area contributed by atoms with Gasteiger partial charge in [-0.3, -0.25) is 14.6 Å². The lowest BCUT2D eigenvalue weighted by Crippen LogP contribution is -2.39. The molecule has 0 spiro atoms. The summed E-state index contributed by atoms with van der Waals surface area (Å²) in [6.45, 7) is 13.8. The molecule has 2 aromatic rings. The molecule has 2 aromatic heterocycles. The number of hydrogen-bond acceptors (Lipinski definition) is 4. The van der Waals surface area contributed by atoms with Crippen molar-refractivity contribution in [3.63, 3.8) is 0 Å². The molecule has 1 aliphatic heterocycles. The number of likely N-dealkylation sites (tertiary alicyclic amines) is 1. The molecule has 0 bridgehead atoms. The van der Waals surface area contributed by atoms with Crippen molar-refractivity contribution in [2.45, 2.75) is 59.5 Å². The first-order chi connectivity index (χ1) is 14.1. The SMILES string of the molecule is CCNC(=NCC(c1ccc(C)o1)N1CCCC1)NCCCn1nc(C)cc1C. The van der Waals surface area contributed by atoms with Gasteiger partial charge in [0, 0.05) is 25.3 Å². The van der Waals surface area contributed by atoms with Crippen LogP contribution in [0.5, 0.6) is 0 Å². The molecule has 0 aromatic carbocycles. The van der Waals surface area contributed by atoms with Crippen LogP contribution in [0.1, 0.15) is 55.1 Å². The molecule has 7 nitrogen and oxygen atoms in total. The van der Waals surface area contributed by atoms with Gasteiger partial charge in [-0.25, -0.2) is 0 Å². The van der Waals surface area contributed by atoms with Crippen LogP contribution < -0.4 is 10.6 Å². The van der Waals surface area contributed by atoms with E-state index in [4.69, 9.17) is 9.41 Å². The molecule has 3 rings (SSSR count). The lowest BCUT2D eigenvalue weighted by molar-refractivity contribution is 0.219. The normalized spacial score (nSPS) is 16.3. The fraction of sp³-hybridized carbons (Fsp3) is 0.636. The van der Waals surface area contributed by atoms with E-state index in [0.717, 1.165) is 62.3 Å². The molecule has 1 unspecified atom stereocenters. The van der Waals surface area contributed by atoms with Gasteiger partial charge >= 0.3 is 0 Å². The number of aryl methyl sites for hydroxylation is 4. The number of nitrogens with one attached hydrogen (secondary N) is 2. The molecular formula is C22H36N6O. The molecule has 0 aliphatic carbocycles. The Balaban J connectivity index is 1.56. The van der Waals surface area contributed by atoms with E-state index in [1.54, 1.807) is 0 Å². The van der Waals surface area contributed by atoms with Gasteiger partial charge in [0.15, 0.2) is 5.96 Å². The first-order valence-corrected chi connectivity index (χ1v) is 10.9. The van der Waals surface area contributed by atoms with E-state index in [1.807, 2.05) is 19.9 Å². The fourth-order valence-corrected chi connectivity index (χ4v) is 3.93. The Morgan fingerprint density at radius 1 is 1.21 bits per heavy atom. The van der Waals surface area contributed by atoms with Crippen LogP contribution in [0.3, 0.4) is 0 Å². The van der Waals surface area contributed by atoms with E-state index in [1.165, 1.54) is 18.5 Å². The highest BCUT2D eigenvalue weighted by atomic mass is 16.3. The van der Waals surface area contributed by atoms with Gasteiger partial charge in [-0.2, -0.15) is 5.10 Å². The standard InChI is InChI=1S/C22H36N6O/c1-5-23-22(24-11-8-14-28-18(3)15-17(2)26-28)25-16-20(27-12-6-7-13-27)21-10-9-19(4)29-21/h9-10,15,20H,5-8,11-14,16H2,1-4H3,(H2,23,24,25). The second kappa shape index (κ2) is 10.5. The monoisotopic (exact) mass is 400 g/mol. The molecule has 7 heteroatoms. The minimum Gasteiger partial charge on any atom is -0.465 e. The third-order valence-corrected chi connectivity index (χ3v) is 5.38.